The number of rotatable bonds is 6. The van der Waals surface area contributed by atoms with Crippen LogP contribution in [0.5, 0.6) is 0 Å². The number of para-hydroxylation sites is 2. The molecule has 1 N–H and O–H groups in total. The summed E-state index contributed by atoms with van der Waals surface area (Å²) in [6.07, 6.45) is 8.51. The minimum Gasteiger partial charge on any atom is -0.330 e. The number of nitrogens with zero attached hydrogens (tertiary/aromatic N) is 1. The zero-order valence-electron chi connectivity index (χ0n) is 15.8. The summed E-state index contributed by atoms with van der Waals surface area (Å²) >= 11 is 1.93. The van der Waals surface area contributed by atoms with Crippen molar-refractivity contribution in [1.82, 2.24) is 5.32 Å². The minimum absolute atomic E-state index is 0.589. The van der Waals surface area contributed by atoms with Gasteiger partial charge in [-0.05, 0) is 43.0 Å². The predicted molar refractivity (Wildman–Crippen MR) is 113 cm³/mol. The number of fused-ring (bicyclic) bond motifs is 1. The molecule has 0 radical (unpaired) electrons. The standard InChI is InChI=1S/C23H30N2S/c1-18(15-19-9-3-2-4-10-19)24-16-20-11-5-6-12-21(20)25-17-26-23-14-8-7-13-22(23)25/h5-8,11-14,18-19,24H,2-4,9-10,15-17H2,1H3. The fourth-order valence-electron chi connectivity index (χ4n) is 4.42. The largest absolute Gasteiger partial charge is 0.330 e. The first-order valence-electron chi connectivity index (χ1n) is 10.1. The van der Waals surface area contributed by atoms with Gasteiger partial charge in [-0.3, -0.25) is 0 Å². The molecule has 0 spiro atoms. The van der Waals surface area contributed by atoms with Crippen molar-refractivity contribution in [2.75, 3.05) is 10.8 Å². The van der Waals surface area contributed by atoms with Gasteiger partial charge in [-0.2, -0.15) is 0 Å². The van der Waals surface area contributed by atoms with Gasteiger partial charge in [0.1, 0.15) is 0 Å². The van der Waals surface area contributed by atoms with Crippen molar-refractivity contribution in [2.45, 2.75) is 62.9 Å². The molecule has 2 aliphatic rings. The van der Waals surface area contributed by atoms with Crippen molar-refractivity contribution in [3.63, 3.8) is 0 Å². The van der Waals surface area contributed by atoms with E-state index in [0.29, 0.717) is 6.04 Å². The second-order valence-corrected chi connectivity index (χ2v) is 8.81. The van der Waals surface area contributed by atoms with Crippen LogP contribution >= 0.6 is 11.8 Å². The zero-order chi connectivity index (χ0) is 17.8. The predicted octanol–water partition coefficient (Wildman–Crippen LogP) is 6.34. The molecule has 2 aromatic carbocycles. The Morgan fingerprint density at radius 1 is 1.00 bits per heavy atom. The summed E-state index contributed by atoms with van der Waals surface area (Å²) in [6, 6.07) is 18.2. The van der Waals surface area contributed by atoms with E-state index in [-0.39, 0.29) is 0 Å². The van der Waals surface area contributed by atoms with Crippen molar-refractivity contribution >= 4 is 23.1 Å². The second kappa shape index (κ2) is 8.49. The van der Waals surface area contributed by atoms with Gasteiger partial charge in [-0.15, -0.1) is 11.8 Å². The Hall–Kier alpha value is -1.45. The van der Waals surface area contributed by atoms with Crippen LogP contribution in [0.15, 0.2) is 53.4 Å². The molecule has 2 nitrogen and oxygen atoms in total. The quantitative estimate of drug-likeness (QED) is 0.642. The molecular formula is C23H30N2S. The van der Waals surface area contributed by atoms with Crippen LogP contribution in [0.25, 0.3) is 0 Å². The summed E-state index contributed by atoms with van der Waals surface area (Å²) in [5, 5.41) is 3.80. The van der Waals surface area contributed by atoms with Crippen molar-refractivity contribution in [2.24, 2.45) is 5.92 Å². The van der Waals surface area contributed by atoms with Crippen molar-refractivity contribution in [1.29, 1.82) is 0 Å². The molecule has 0 aromatic heterocycles. The highest BCUT2D eigenvalue weighted by Crippen LogP contribution is 2.43. The van der Waals surface area contributed by atoms with Crippen LogP contribution in [0.3, 0.4) is 0 Å². The van der Waals surface area contributed by atoms with Crippen LogP contribution in [0.1, 0.15) is 51.0 Å². The molecule has 26 heavy (non-hydrogen) atoms. The average molecular weight is 367 g/mol. The summed E-state index contributed by atoms with van der Waals surface area (Å²) in [4.78, 5) is 3.85. The van der Waals surface area contributed by atoms with E-state index in [9.17, 15) is 0 Å². The van der Waals surface area contributed by atoms with Gasteiger partial charge in [-0.1, -0.05) is 62.4 Å². The SMILES string of the molecule is CC(CC1CCCCC1)NCc1ccccc1N1CSc2ccccc21. The van der Waals surface area contributed by atoms with Gasteiger partial charge in [0, 0.05) is 23.2 Å². The monoisotopic (exact) mass is 366 g/mol. The van der Waals surface area contributed by atoms with Crippen molar-refractivity contribution in [3.05, 3.63) is 54.1 Å². The lowest BCUT2D eigenvalue weighted by Crippen LogP contribution is -2.29. The second-order valence-electron chi connectivity index (χ2n) is 7.82. The van der Waals surface area contributed by atoms with Gasteiger partial charge in [-0.25, -0.2) is 0 Å². The van der Waals surface area contributed by atoms with E-state index >= 15 is 0 Å². The van der Waals surface area contributed by atoms with Gasteiger partial charge >= 0.3 is 0 Å². The van der Waals surface area contributed by atoms with E-state index in [2.05, 4.69) is 65.7 Å². The van der Waals surface area contributed by atoms with Gasteiger partial charge in [0.25, 0.3) is 0 Å². The number of hydrogen-bond acceptors (Lipinski definition) is 3. The molecule has 4 rings (SSSR count). The maximum Gasteiger partial charge on any atom is 0.0736 e. The zero-order valence-corrected chi connectivity index (χ0v) is 16.6. The number of nitrogens with one attached hydrogen (secondary N) is 1. The fourth-order valence-corrected chi connectivity index (χ4v) is 5.47. The number of hydrogen-bond donors (Lipinski definition) is 1. The van der Waals surface area contributed by atoms with E-state index in [1.165, 1.54) is 60.4 Å². The van der Waals surface area contributed by atoms with E-state index < -0.39 is 0 Å². The van der Waals surface area contributed by atoms with E-state index in [1.807, 2.05) is 11.8 Å². The smallest absolute Gasteiger partial charge is 0.0736 e. The van der Waals surface area contributed by atoms with Gasteiger partial charge in [0.05, 0.1) is 11.6 Å². The van der Waals surface area contributed by atoms with Crippen molar-refractivity contribution in [3.8, 4) is 0 Å². The molecule has 1 atom stereocenters. The highest BCUT2D eigenvalue weighted by atomic mass is 32.2. The van der Waals surface area contributed by atoms with Crippen LogP contribution in [0.4, 0.5) is 11.4 Å². The minimum atomic E-state index is 0.589. The first-order valence-corrected chi connectivity index (χ1v) is 11.1. The Kier molecular flexibility index (Phi) is 5.86. The molecule has 0 saturated heterocycles. The molecule has 3 heteroatoms. The fraction of sp³-hybridized carbons (Fsp3) is 0.478. The Morgan fingerprint density at radius 3 is 2.58 bits per heavy atom. The number of benzene rings is 2. The molecule has 1 aliphatic heterocycles. The lowest BCUT2D eigenvalue weighted by molar-refractivity contribution is 0.304. The third kappa shape index (κ3) is 4.10. The molecule has 0 bridgehead atoms. The van der Waals surface area contributed by atoms with Crippen LogP contribution < -0.4 is 10.2 Å². The normalized spacial score (nSPS) is 18.7. The summed E-state index contributed by atoms with van der Waals surface area (Å²) in [6.45, 7) is 3.31. The summed E-state index contributed by atoms with van der Waals surface area (Å²) in [7, 11) is 0. The first kappa shape index (κ1) is 17.9. The van der Waals surface area contributed by atoms with E-state index in [0.717, 1.165) is 18.3 Å². The van der Waals surface area contributed by atoms with Gasteiger partial charge < -0.3 is 10.2 Å². The Balaban J connectivity index is 1.42. The van der Waals surface area contributed by atoms with Crippen LogP contribution in [0, 0.1) is 5.92 Å². The Morgan fingerprint density at radius 2 is 1.73 bits per heavy atom. The van der Waals surface area contributed by atoms with Gasteiger partial charge in [0.2, 0.25) is 0 Å². The Bertz CT molecular complexity index is 724. The number of anilines is 2. The molecule has 1 fully saturated rings. The summed E-state index contributed by atoms with van der Waals surface area (Å²) in [5.41, 5.74) is 4.10. The molecule has 1 heterocycles. The van der Waals surface area contributed by atoms with Crippen LogP contribution in [-0.4, -0.2) is 11.9 Å². The maximum atomic E-state index is 3.80. The average Bonchev–Trinajstić information content (AvgIpc) is 3.11. The topological polar surface area (TPSA) is 15.3 Å². The molecule has 1 aliphatic carbocycles. The van der Waals surface area contributed by atoms with Crippen LogP contribution in [0.2, 0.25) is 0 Å². The molecule has 1 saturated carbocycles. The molecule has 1 unspecified atom stereocenters. The highest BCUT2D eigenvalue weighted by Gasteiger charge is 2.22. The third-order valence-electron chi connectivity index (χ3n) is 5.84. The lowest BCUT2D eigenvalue weighted by Gasteiger charge is -2.26. The highest BCUT2D eigenvalue weighted by molar-refractivity contribution is 7.99. The van der Waals surface area contributed by atoms with E-state index in [4.69, 9.17) is 0 Å². The van der Waals surface area contributed by atoms with Crippen LogP contribution in [-0.2, 0) is 6.54 Å². The first-order chi connectivity index (χ1) is 12.8. The molecule has 0 amide bonds. The van der Waals surface area contributed by atoms with Gasteiger partial charge in [0.15, 0.2) is 0 Å². The molecule has 138 valence electrons. The number of thioether (sulfide) groups is 1. The summed E-state index contributed by atoms with van der Waals surface area (Å²) in [5.74, 6) is 1.94. The maximum absolute atomic E-state index is 3.80. The Labute approximate surface area is 162 Å². The molecular weight excluding hydrogens is 336 g/mol. The third-order valence-corrected chi connectivity index (χ3v) is 6.88. The summed E-state index contributed by atoms with van der Waals surface area (Å²) < 4.78 is 0. The van der Waals surface area contributed by atoms with Crippen molar-refractivity contribution < 1.29 is 0 Å². The van der Waals surface area contributed by atoms with E-state index in [1.54, 1.807) is 0 Å². The molecule has 2 aromatic rings. The lowest BCUT2D eigenvalue weighted by atomic mass is 9.85.